The zero-order chi connectivity index (χ0) is 29.8. The SMILES string of the molecule is CSCCC(N)C(=O)NC(Cc1ccc(O)cc1)C(=O)NC(C(=O)NC(Cc1ccc(O)cc1)C(=O)O)C(C)C. The average Bonchev–Trinajstić information content (AvgIpc) is 2.91. The van der Waals surface area contributed by atoms with E-state index in [9.17, 15) is 34.5 Å². The summed E-state index contributed by atoms with van der Waals surface area (Å²) in [6.07, 6.45) is 2.34. The molecule has 0 heterocycles. The van der Waals surface area contributed by atoms with E-state index in [0.29, 0.717) is 23.3 Å². The van der Waals surface area contributed by atoms with E-state index in [0.717, 1.165) is 0 Å². The first-order valence-corrected chi connectivity index (χ1v) is 14.2. The third kappa shape index (κ3) is 10.4. The molecule has 0 aliphatic carbocycles. The lowest BCUT2D eigenvalue weighted by atomic mass is 9.99. The van der Waals surface area contributed by atoms with Gasteiger partial charge in [0.15, 0.2) is 0 Å². The first-order chi connectivity index (χ1) is 18.9. The van der Waals surface area contributed by atoms with Crippen LogP contribution in [0.2, 0.25) is 0 Å². The summed E-state index contributed by atoms with van der Waals surface area (Å²) in [6.45, 7) is 3.40. The molecule has 40 heavy (non-hydrogen) atoms. The number of aromatic hydroxyl groups is 2. The normalized spacial score (nSPS) is 14.0. The number of carboxylic acids is 1. The number of carbonyl (C=O) groups excluding carboxylic acids is 3. The number of carboxylic acid groups (broad SMARTS) is 1. The number of rotatable bonds is 15. The molecule has 0 bridgehead atoms. The molecule has 12 heteroatoms. The molecule has 4 atom stereocenters. The fraction of sp³-hybridized carbons (Fsp3) is 0.429. The second-order valence-corrected chi connectivity index (χ2v) is 10.8. The number of aliphatic carboxylic acids is 1. The molecular formula is C28H38N4O7S. The van der Waals surface area contributed by atoms with Crippen LogP contribution in [0.15, 0.2) is 48.5 Å². The molecule has 8 N–H and O–H groups in total. The Morgan fingerprint density at radius 2 is 1.25 bits per heavy atom. The van der Waals surface area contributed by atoms with Gasteiger partial charge in [-0.2, -0.15) is 11.8 Å². The second-order valence-electron chi connectivity index (χ2n) is 9.82. The predicted molar refractivity (Wildman–Crippen MR) is 153 cm³/mol. The maximum Gasteiger partial charge on any atom is 0.326 e. The number of benzene rings is 2. The Morgan fingerprint density at radius 3 is 1.70 bits per heavy atom. The van der Waals surface area contributed by atoms with Gasteiger partial charge in [0.05, 0.1) is 6.04 Å². The molecule has 0 saturated heterocycles. The van der Waals surface area contributed by atoms with E-state index in [1.165, 1.54) is 36.0 Å². The summed E-state index contributed by atoms with van der Waals surface area (Å²) < 4.78 is 0. The van der Waals surface area contributed by atoms with Crippen molar-refractivity contribution in [2.45, 2.75) is 57.3 Å². The summed E-state index contributed by atoms with van der Waals surface area (Å²) in [5.41, 5.74) is 7.24. The predicted octanol–water partition coefficient (Wildman–Crippen LogP) is 1.16. The number of amides is 3. The summed E-state index contributed by atoms with van der Waals surface area (Å²) >= 11 is 1.54. The van der Waals surface area contributed by atoms with Crippen LogP contribution in [0.25, 0.3) is 0 Å². The Hall–Kier alpha value is -3.77. The zero-order valence-electron chi connectivity index (χ0n) is 22.8. The first kappa shape index (κ1) is 32.4. The first-order valence-electron chi connectivity index (χ1n) is 12.9. The average molecular weight is 575 g/mol. The Bertz CT molecular complexity index is 1140. The van der Waals surface area contributed by atoms with E-state index < -0.39 is 53.8 Å². The number of hydrogen-bond donors (Lipinski definition) is 7. The number of nitrogens with two attached hydrogens (primary N) is 1. The Balaban J connectivity index is 2.20. The van der Waals surface area contributed by atoms with Gasteiger partial charge in [0.25, 0.3) is 0 Å². The number of phenolic OH excluding ortho intramolecular Hbond substituents is 2. The van der Waals surface area contributed by atoms with Gasteiger partial charge in [0, 0.05) is 12.8 Å². The monoisotopic (exact) mass is 574 g/mol. The van der Waals surface area contributed by atoms with Gasteiger partial charge in [-0.3, -0.25) is 14.4 Å². The molecule has 0 aliphatic rings. The van der Waals surface area contributed by atoms with E-state index in [-0.39, 0.29) is 24.3 Å². The number of phenols is 2. The van der Waals surface area contributed by atoms with E-state index in [1.54, 1.807) is 38.1 Å². The number of thioether (sulfide) groups is 1. The Morgan fingerprint density at radius 1 is 0.775 bits per heavy atom. The molecule has 0 radical (unpaired) electrons. The molecular weight excluding hydrogens is 536 g/mol. The van der Waals surface area contributed by atoms with E-state index in [4.69, 9.17) is 5.73 Å². The summed E-state index contributed by atoms with van der Waals surface area (Å²) in [6, 6.07) is 7.80. The van der Waals surface area contributed by atoms with Crippen LogP contribution in [0.3, 0.4) is 0 Å². The van der Waals surface area contributed by atoms with E-state index in [2.05, 4.69) is 16.0 Å². The molecule has 0 aromatic heterocycles. The van der Waals surface area contributed by atoms with Crippen molar-refractivity contribution < 1.29 is 34.5 Å². The minimum atomic E-state index is -1.28. The molecule has 0 fully saturated rings. The second kappa shape index (κ2) is 15.7. The van der Waals surface area contributed by atoms with Gasteiger partial charge in [-0.1, -0.05) is 38.1 Å². The summed E-state index contributed by atoms with van der Waals surface area (Å²) in [4.78, 5) is 51.2. The van der Waals surface area contributed by atoms with E-state index in [1.807, 2.05) is 6.26 Å². The highest BCUT2D eigenvalue weighted by Crippen LogP contribution is 2.14. The van der Waals surface area contributed by atoms with Crippen LogP contribution in [-0.2, 0) is 32.0 Å². The Labute approximate surface area is 237 Å². The third-order valence-corrected chi connectivity index (χ3v) is 6.86. The van der Waals surface area contributed by atoms with Crippen LogP contribution in [0, 0.1) is 5.92 Å². The topological polar surface area (TPSA) is 191 Å². The van der Waals surface area contributed by atoms with Crippen molar-refractivity contribution in [2.75, 3.05) is 12.0 Å². The van der Waals surface area contributed by atoms with Gasteiger partial charge >= 0.3 is 5.97 Å². The van der Waals surface area contributed by atoms with Crippen LogP contribution in [0.4, 0.5) is 0 Å². The number of carbonyl (C=O) groups is 4. The molecule has 4 unspecified atom stereocenters. The number of nitrogens with one attached hydrogen (secondary N) is 3. The quantitative estimate of drug-likeness (QED) is 0.164. The van der Waals surface area contributed by atoms with Gasteiger partial charge in [-0.05, 0) is 59.7 Å². The van der Waals surface area contributed by atoms with Crippen LogP contribution >= 0.6 is 11.8 Å². The molecule has 2 aromatic carbocycles. The lowest BCUT2D eigenvalue weighted by Gasteiger charge is -2.27. The van der Waals surface area contributed by atoms with Crippen molar-refractivity contribution in [3.8, 4) is 11.5 Å². The lowest BCUT2D eigenvalue weighted by molar-refractivity contribution is -0.142. The smallest absolute Gasteiger partial charge is 0.326 e. The summed E-state index contributed by atoms with van der Waals surface area (Å²) in [5, 5.41) is 36.6. The van der Waals surface area contributed by atoms with Crippen molar-refractivity contribution in [3.63, 3.8) is 0 Å². The molecule has 0 spiro atoms. The largest absolute Gasteiger partial charge is 0.508 e. The molecule has 3 amide bonds. The van der Waals surface area contributed by atoms with Crippen molar-refractivity contribution >= 4 is 35.5 Å². The fourth-order valence-electron chi connectivity index (χ4n) is 3.85. The molecule has 11 nitrogen and oxygen atoms in total. The fourth-order valence-corrected chi connectivity index (χ4v) is 4.34. The summed E-state index contributed by atoms with van der Waals surface area (Å²) in [7, 11) is 0. The van der Waals surface area contributed by atoms with Crippen LogP contribution in [0.5, 0.6) is 11.5 Å². The van der Waals surface area contributed by atoms with Crippen LogP contribution in [-0.4, -0.2) is 75.2 Å². The highest BCUT2D eigenvalue weighted by Gasteiger charge is 2.32. The molecule has 2 aromatic rings. The maximum absolute atomic E-state index is 13.4. The minimum absolute atomic E-state index is 0.0291. The highest BCUT2D eigenvalue weighted by molar-refractivity contribution is 7.98. The van der Waals surface area contributed by atoms with Crippen molar-refractivity contribution in [3.05, 3.63) is 59.7 Å². The third-order valence-electron chi connectivity index (χ3n) is 6.22. The molecule has 2 rings (SSSR count). The van der Waals surface area contributed by atoms with Gasteiger partial charge in [-0.25, -0.2) is 4.79 Å². The number of hydrogen-bond acceptors (Lipinski definition) is 8. The Kier molecular flexibility index (Phi) is 12.8. The lowest BCUT2D eigenvalue weighted by Crippen LogP contribution is -2.59. The van der Waals surface area contributed by atoms with Gasteiger partial charge in [0.1, 0.15) is 29.6 Å². The van der Waals surface area contributed by atoms with Crippen molar-refractivity contribution in [1.82, 2.24) is 16.0 Å². The van der Waals surface area contributed by atoms with Crippen LogP contribution in [0.1, 0.15) is 31.4 Å². The molecule has 0 saturated carbocycles. The van der Waals surface area contributed by atoms with Gasteiger partial charge in [-0.15, -0.1) is 0 Å². The molecule has 0 aliphatic heterocycles. The standard InChI is InChI=1S/C28H38N4O7S/c1-16(2)24(27(37)31-23(28(38)39)15-18-6-10-20(34)11-7-18)32-26(36)22(14-17-4-8-19(33)9-5-17)30-25(35)21(29)12-13-40-3/h4-11,16,21-24,33-34H,12-15,29H2,1-3H3,(H,30,35)(H,31,37)(H,32,36)(H,38,39). The van der Waals surface area contributed by atoms with Crippen molar-refractivity contribution in [1.29, 1.82) is 0 Å². The summed E-state index contributed by atoms with van der Waals surface area (Å²) in [5.74, 6) is -2.79. The zero-order valence-corrected chi connectivity index (χ0v) is 23.6. The molecule has 218 valence electrons. The van der Waals surface area contributed by atoms with E-state index >= 15 is 0 Å². The maximum atomic E-state index is 13.4. The highest BCUT2D eigenvalue weighted by atomic mass is 32.2. The van der Waals surface area contributed by atoms with Crippen molar-refractivity contribution in [2.24, 2.45) is 11.7 Å². The van der Waals surface area contributed by atoms with Crippen LogP contribution < -0.4 is 21.7 Å². The van der Waals surface area contributed by atoms with Gasteiger partial charge < -0.3 is 37.0 Å². The minimum Gasteiger partial charge on any atom is -0.508 e. The van der Waals surface area contributed by atoms with Gasteiger partial charge in [0.2, 0.25) is 17.7 Å².